The zero-order valence-electron chi connectivity index (χ0n) is 36.2. The highest BCUT2D eigenvalue weighted by atomic mass is 35.5. The summed E-state index contributed by atoms with van der Waals surface area (Å²) in [6.07, 6.45) is 1.91. The fraction of sp³-hybridized carbons (Fsp3) is 0.348. The number of carbonyl (C=O) groups is 3. The number of fused-ring (bicyclic) bond motifs is 4. The number of nitrogens with zero attached hydrogens (tertiary/aromatic N) is 6. The molecule has 0 radical (unpaired) electrons. The molecule has 0 bridgehead atoms. The topological polar surface area (TPSA) is 193 Å². The Labute approximate surface area is 383 Å². The Bertz CT molecular complexity index is 2800. The molecule has 8 rings (SSSR count). The summed E-state index contributed by atoms with van der Waals surface area (Å²) in [5.41, 5.74) is 4.95. The van der Waals surface area contributed by atoms with Crippen LogP contribution in [0, 0.1) is 20.8 Å². The molecule has 65 heavy (non-hydrogen) atoms. The summed E-state index contributed by atoms with van der Waals surface area (Å²) in [5, 5.41) is 20.2. The highest BCUT2D eigenvalue weighted by molar-refractivity contribution is 7.14. The quantitative estimate of drug-likeness (QED) is 0.0562. The molecule has 19 heteroatoms. The number of ether oxygens (including phenoxy) is 4. The number of benzene rings is 3. The molecule has 1 atom stereocenters. The number of nitrogens with one attached hydrogen (secondary N) is 3. The minimum atomic E-state index is -0.840. The van der Waals surface area contributed by atoms with Gasteiger partial charge < -0.3 is 29.6 Å². The van der Waals surface area contributed by atoms with Gasteiger partial charge in [0.1, 0.15) is 24.9 Å². The molecule has 17 nitrogen and oxygen atoms in total. The number of thiophene rings is 1. The highest BCUT2D eigenvalue weighted by Gasteiger charge is 2.34. The number of anilines is 2. The van der Waals surface area contributed by atoms with Crippen molar-refractivity contribution in [3.63, 3.8) is 0 Å². The van der Waals surface area contributed by atoms with Crippen LogP contribution in [-0.4, -0.2) is 95.8 Å². The zero-order valence-corrected chi connectivity index (χ0v) is 37.8. The Morgan fingerprint density at radius 1 is 0.923 bits per heavy atom. The number of hydrogen-bond acceptors (Lipinski definition) is 13. The lowest BCUT2D eigenvalue weighted by Gasteiger charge is -2.22. The van der Waals surface area contributed by atoms with Gasteiger partial charge in [0, 0.05) is 57.2 Å². The second-order valence-corrected chi connectivity index (χ2v) is 17.0. The van der Waals surface area contributed by atoms with Crippen molar-refractivity contribution in [1.29, 1.82) is 0 Å². The van der Waals surface area contributed by atoms with Crippen LogP contribution in [0.1, 0.15) is 52.1 Å². The van der Waals surface area contributed by atoms with Gasteiger partial charge in [0.15, 0.2) is 11.5 Å². The lowest BCUT2D eigenvalue weighted by atomic mass is 10.00. The van der Waals surface area contributed by atoms with Gasteiger partial charge in [0.05, 0.1) is 62.5 Å². The Morgan fingerprint density at radius 2 is 1.65 bits per heavy atom. The van der Waals surface area contributed by atoms with Crippen LogP contribution in [-0.2, 0) is 41.7 Å². The molecule has 2 aliphatic heterocycles. The summed E-state index contributed by atoms with van der Waals surface area (Å²) in [7, 11) is 0. The summed E-state index contributed by atoms with van der Waals surface area (Å²) in [5.74, 6) is 1.14. The SMILES string of the molecule is Cc1sc2c(c1C)C(c1ccc(Cl)cc1)=NCc1n(CC(=O)Nc3ccc(OCCOCCOCCOCCNc4cccc5cnn(C6CCC(=O)NC6=O)c(=O)c45)cc3)nc(C)[n+]1-2. The molecule has 2 aliphatic rings. The number of aliphatic imine (C=N–C) groups is 1. The minimum Gasteiger partial charge on any atom is -0.491 e. The maximum absolute atomic E-state index is 13.4. The standard InChI is InChI=1S/C46H48ClN9O8S/c1-28-29(2)65-46-41(28)43(31-7-9-33(47)10-8-31)49-26-40-54(53-30(3)55(40)46)27-39(58)51-34-11-13-35(14-12-34)64-24-23-63-22-21-62-20-19-61-18-17-48-36-6-4-5-32-25-50-56(45(60)42(32)36)37-15-16-38(57)52-44(37)59/h4-14,25,37H,15-24,26-27H2,1-3H3,(H2-,48,51,52,57,58,59,60)/p+1. The fourth-order valence-electron chi connectivity index (χ4n) is 7.72. The van der Waals surface area contributed by atoms with Crippen LogP contribution in [0.25, 0.3) is 15.8 Å². The van der Waals surface area contributed by atoms with Crippen molar-refractivity contribution in [3.8, 4) is 10.8 Å². The van der Waals surface area contributed by atoms with Gasteiger partial charge in [-0.3, -0.25) is 29.5 Å². The first-order valence-corrected chi connectivity index (χ1v) is 22.5. The second kappa shape index (κ2) is 20.7. The van der Waals surface area contributed by atoms with Crippen molar-refractivity contribution in [2.75, 3.05) is 63.4 Å². The Morgan fingerprint density at radius 3 is 2.38 bits per heavy atom. The number of carbonyl (C=O) groups excluding carboxylic acids is 3. The molecule has 0 aliphatic carbocycles. The lowest BCUT2D eigenvalue weighted by molar-refractivity contribution is -0.607. The van der Waals surface area contributed by atoms with Gasteiger partial charge >= 0.3 is 0 Å². The Kier molecular flexibility index (Phi) is 14.4. The van der Waals surface area contributed by atoms with E-state index in [2.05, 4.69) is 39.5 Å². The van der Waals surface area contributed by atoms with Crippen LogP contribution in [0.3, 0.4) is 0 Å². The maximum Gasteiger partial charge on any atom is 0.280 e. The van der Waals surface area contributed by atoms with Gasteiger partial charge in [0.25, 0.3) is 29.0 Å². The van der Waals surface area contributed by atoms with E-state index in [1.54, 1.807) is 58.6 Å². The molecule has 3 amide bonds. The number of rotatable bonds is 19. The third kappa shape index (κ3) is 10.5. The molecule has 3 N–H and O–H groups in total. The van der Waals surface area contributed by atoms with E-state index in [0.29, 0.717) is 92.3 Å². The molecule has 0 saturated carbocycles. The third-order valence-corrected chi connectivity index (χ3v) is 12.5. The number of hydrogen-bond donors (Lipinski definition) is 3. The third-order valence-electron chi connectivity index (χ3n) is 11.0. The van der Waals surface area contributed by atoms with Crippen LogP contribution in [0.2, 0.25) is 5.02 Å². The summed E-state index contributed by atoms with van der Waals surface area (Å²) in [6, 6.07) is 19.4. The Hall–Kier alpha value is -6.31. The van der Waals surface area contributed by atoms with Gasteiger partial charge in [-0.05, 0) is 68.3 Å². The number of imide groups is 1. The maximum atomic E-state index is 13.4. The van der Waals surface area contributed by atoms with Gasteiger partial charge in [-0.2, -0.15) is 9.67 Å². The average Bonchev–Trinajstić information content (AvgIpc) is 3.68. The predicted octanol–water partition coefficient (Wildman–Crippen LogP) is 5.02. The van der Waals surface area contributed by atoms with Gasteiger partial charge in [-0.25, -0.2) is 4.68 Å². The highest BCUT2D eigenvalue weighted by Crippen LogP contribution is 2.33. The molecule has 0 spiro atoms. The van der Waals surface area contributed by atoms with Crippen molar-refractivity contribution in [1.82, 2.24) is 24.9 Å². The largest absolute Gasteiger partial charge is 0.491 e. The molecular formula is C46H49ClN9O8S+. The van der Waals surface area contributed by atoms with Crippen molar-refractivity contribution >= 4 is 68.5 Å². The molecule has 1 fully saturated rings. The van der Waals surface area contributed by atoms with E-state index < -0.39 is 17.5 Å². The molecule has 6 aromatic rings. The summed E-state index contributed by atoms with van der Waals surface area (Å²) in [6.45, 7) is 9.62. The first-order valence-electron chi connectivity index (χ1n) is 21.3. The van der Waals surface area contributed by atoms with E-state index in [-0.39, 0.29) is 31.2 Å². The van der Waals surface area contributed by atoms with E-state index in [4.69, 9.17) is 40.6 Å². The molecule has 1 unspecified atom stereocenters. The molecule has 3 aromatic carbocycles. The van der Waals surface area contributed by atoms with Gasteiger partial charge in [-0.1, -0.05) is 35.9 Å². The number of halogens is 1. The average molecular weight is 923 g/mol. The monoisotopic (exact) mass is 922 g/mol. The summed E-state index contributed by atoms with van der Waals surface area (Å²) in [4.78, 5) is 56.9. The summed E-state index contributed by atoms with van der Waals surface area (Å²) >= 11 is 7.90. The molecule has 3 aromatic heterocycles. The van der Waals surface area contributed by atoms with E-state index in [9.17, 15) is 19.2 Å². The first-order chi connectivity index (χ1) is 31.5. The van der Waals surface area contributed by atoms with Gasteiger partial charge in [-0.15, -0.1) is 16.0 Å². The number of aromatic nitrogens is 5. The minimum absolute atomic E-state index is 0.0195. The van der Waals surface area contributed by atoms with Crippen molar-refractivity contribution in [2.45, 2.75) is 52.7 Å². The number of amides is 3. The van der Waals surface area contributed by atoms with E-state index in [1.807, 2.05) is 37.3 Å². The fourth-order valence-corrected chi connectivity index (χ4v) is 9.07. The second-order valence-electron chi connectivity index (χ2n) is 15.4. The van der Waals surface area contributed by atoms with Crippen LogP contribution in [0.4, 0.5) is 11.4 Å². The molecule has 338 valence electrons. The van der Waals surface area contributed by atoms with Crippen molar-refractivity contribution < 1.29 is 37.9 Å². The van der Waals surface area contributed by atoms with Crippen LogP contribution < -0.4 is 30.8 Å². The smallest absolute Gasteiger partial charge is 0.280 e. The van der Waals surface area contributed by atoms with Gasteiger partial charge in [0.2, 0.25) is 5.91 Å². The van der Waals surface area contributed by atoms with Crippen LogP contribution in [0.5, 0.6) is 5.75 Å². The summed E-state index contributed by atoms with van der Waals surface area (Å²) < 4.78 is 27.8. The van der Waals surface area contributed by atoms with Crippen molar-refractivity contribution in [3.05, 3.63) is 122 Å². The molecular weight excluding hydrogens is 874 g/mol. The van der Waals surface area contributed by atoms with E-state index in [1.165, 1.54) is 10.4 Å². The normalized spacial score (nSPS) is 14.6. The predicted molar refractivity (Wildman–Crippen MR) is 246 cm³/mol. The number of aryl methyl sites for hydroxylation is 2. The zero-order chi connectivity index (χ0) is 45.5. The van der Waals surface area contributed by atoms with E-state index in [0.717, 1.165) is 38.2 Å². The lowest BCUT2D eigenvalue weighted by Crippen LogP contribution is -2.45. The first kappa shape index (κ1) is 45.3. The van der Waals surface area contributed by atoms with Crippen molar-refractivity contribution in [2.24, 2.45) is 4.99 Å². The molecule has 5 heterocycles. The van der Waals surface area contributed by atoms with Crippen LogP contribution in [0.15, 0.2) is 82.7 Å². The van der Waals surface area contributed by atoms with Crippen LogP contribution >= 0.6 is 22.9 Å². The Balaban J connectivity index is 0.713. The molecule has 1 saturated heterocycles. The van der Waals surface area contributed by atoms with E-state index >= 15 is 0 Å². The number of piperidine rings is 1.